The van der Waals surface area contributed by atoms with Crippen molar-refractivity contribution in [3.05, 3.63) is 59.9 Å². The van der Waals surface area contributed by atoms with Crippen molar-refractivity contribution in [2.24, 2.45) is 11.5 Å². The Labute approximate surface area is 137 Å². The van der Waals surface area contributed by atoms with Crippen molar-refractivity contribution in [3.8, 4) is 11.1 Å². The standard InChI is InChI=1S/C19H26FN3/c20-19-7-5-15(6-8-19)16-3-1-4-17(13-16)18(14-22)9-12-23-11-2-10-21/h1,3-8,13,18,23H,2,9-12,14,21-22H2. The van der Waals surface area contributed by atoms with Crippen LogP contribution < -0.4 is 16.8 Å². The normalized spacial score (nSPS) is 12.3. The lowest BCUT2D eigenvalue weighted by Gasteiger charge is -2.17. The van der Waals surface area contributed by atoms with Gasteiger partial charge in [-0.05, 0) is 73.8 Å². The SMILES string of the molecule is NCCCNCCC(CN)c1cccc(-c2ccc(F)cc2)c1. The minimum absolute atomic E-state index is 0.215. The van der Waals surface area contributed by atoms with Crippen LogP contribution in [0.25, 0.3) is 11.1 Å². The maximum Gasteiger partial charge on any atom is 0.123 e. The molecule has 124 valence electrons. The van der Waals surface area contributed by atoms with Gasteiger partial charge in [0, 0.05) is 0 Å². The summed E-state index contributed by atoms with van der Waals surface area (Å²) in [5.74, 6) is 0.106. The van der Waals surface area contributed by atoms with Crippen LogP contribution in [0.3, 0.4) is 0 Å². The zero-order valence-corrected chi connectivity index (χ0v) is 13.5. The van der Waals surface area contributed by atoms with Crippen LogP contribution in [0.15, 0.2) is 48.5 Å². The lowest BCUT2D eigenvalue weighted by atomic mass is 9.92. The molecule has 23 heavy (non-hydrogen) atoms. The van der Waals surface area contributed by atoms with Crippen molar-refractivity contribution in [2.45, 2.75) is 18.8 Å². The predicted molar refractivity (Wildman–Crippen MR) is 94.8 cm³/mol. The Morgan fingerprint density at radius 1 is 0.957 bits per heavy atom. The first kappa shape index (κ1) is 17.6. The predicted octanol–water partition coefficient (Wildman–Crippen LogP) is 2.86. The summed E-state index contributed by atoms with van der Waals surface area (Å²) < 4.78 is 13.1. The third-order valence-corrected chi connectivity index (χ3v) is 4.05. The molecule has 1 atom stereocenters. The zero-order valence-electron chi connectivity index (χ0n) is 13.5. The van der Waals surface area contributed by atoms with Crippen LogP contribution in [-0.4, -0.2) is 26.2 Å². The van der Waals surface area contributed by atoms with Gasteiger partial charge in [0.05, 0.1) is 0 Å². The Bertz CT molecular complexity index is 583. The first-order valence-corrected chi connectivity index (χ1v) is 8.21. The third-order valence-electron chi connectivity index (χ3n) is 4.05. The van der Waals surface area contributed by atoms with Crippen LogP contribution in [0.1, 0.15) is 24.3 Å². The van der Waals surface area contributed by atoms with Crippen LogP contribution in [0.2, 0.25) is 0 Å². The van der Waals surface area contributed by atoms with Gasteiger partial charge in [0.15, 0.2) is 0 Å². The van der Waals surface area contributed by atoms with Crippen molar-refractivity contribution in [3.63, 3.8) is 0 Å². The Morgan fingerprint density at radius 3 is 2.43 bits per heavy atom. The highest BCUT2D eigenvalue weighted by atomic mass is 19.1. The number of nitrogens with one attached hydrogen (secondary N) is 1. The molecule has 0 aliphatic carbocycles. The van der Waals surface area contributed by atoms with E-state index in [-0.39, 0.29) is 5.82 Å². The largest absolute Gasteiger partial charge is 0.330 e. The van der Waals surface area contributed by atoms with E-state index in [1.54, 1.807) is 12.1 Å². The van der Waals surface area contributed by atoms with Gasteiger partial charge in [0.1, 0.15) is 5.82 Å². The topological polar surface area (TPSA) is 64.1 Å². The molecule has 0 saturated heterocycles. The summed E-state index contributed by atoms with van der Waals surface area (Å²) in [5.41, 5.74) is 14.8. The van der Waals surface area contributed by atoms with E-state index in [2.05, 4.69) is 17.4 Å². The quantitative estimate of drug-likeness (QED) is 0.624. The molecule has 0 bridgehead atoms. The fraction of sp³-hybridized carbons (Fsp3) is 0.368. The second kappa shape index (κ2) is 9.40. The van der Waals surface area contributed by atoms with Crippen molar-refractivity contribution >= 4 is 0 Å². The molecule has 5 N–H and O–H groups in total. The van der Waals surface area contributed by atoms with Crippen molar-refractivity contribution in [1.82, 2.24) is 5.32 Å². The minimum Gasteiger partial charge on any atom is -0.330 e. The molecule has 2 aromatic rings. The number of hydrogen-bond acceptors (Lipinski definition) is 3. The van der Waals surface area contributed by atoms with Gasteiger partial charge in [0.25, 0.3) is 0 Å². The van der Waals surface area contributed by atoms with Gasteiger partial charge in [-0.15, -0.1) is 0 Å². The summed E-state index contributed by atoms with van der Waals surface area (Å²) in [4.78, 5) is 0. The first-order valence-electron chi connectivity index (χ1n) is 8.21. The second-order valence-corrected chi connectivity index (χ2v) is 5.75. The molecular weight excluding hydrogens is 289 g/mol. The molecule has 3 nitrogen and oxygen atoms in total. The average molecular weight is 315 g/mol. The van der Waals surface area contributed by atoms with E-state index in [0.717, 1.165) is 37.1 Å². The van der Waals surface area contributed by atoms with Gasteiger partial charge < -0.3 is 16.8 Å². The lowest BCUT2D eigenvalue weighted by Crippen LogP contribution is -2.23. The summed E-state index contributed by atoms with van der Waals surface area (Å²) in [5, 5.41) is 3.40. The molecule has 4 heteroatoms. The Morgan fingerprint density at radius 2 is 1.74 bits per heavy atom. The molecule has 0 saturated carbocycles. The molecule has 1 unspecified atom stereocenters. The molecule has 0 spiro atoms. The molecule has 0 radical (unpaired) electrons. The van der Waals surface area contributed by atoms with Crippen molar-refractivity contribution in [2.75, 3.05) is 26.2 Å². The van der Waals surface area contributed by atoms with E-state index in [1.165, 1.54) is 17.7 Å². The number of nitrogens with two attached hydrogens (primary N) is 2. The molecule has 2 aromatic carbocycles. The smallest absolute Gasteiger partial charge is 0.123 e. The van der Waals surface area contributed by atoms with E-state index < -0.39 is 0 Å². The van der Waals surface area contributed by atoms with Gasteiger partial charge in [-0.1, -0.05) is 36.4 Å². The van der Waals surface area contributed by atoms with Crippen LogP contribution in [-0.2, 0) is 0 Å². The van der Waals surface area contributed by atoms with E-state index >= 15 is 0 Å². The van der Waals surface area contributed by atoms with E-state index in [1.807, 2.05) is 12.1 Å². The lowest BCUT2D eigenvalue weighted by molar-refractivity contribution is 0.565. The van der Waals surface area contributed by atoms with Gasteiger partial charge in [0.2, 0.25) is 0 Å². The van der Waals surface area contributed by atoms with Gasteiger partial charge in [-0.25, -0.2) is 4.39 Å². The molecule has 0 amide bonds. The molecule has 2 rings (SSSR count). The summed E-state index contributed by atoms with van der Waals surface area (Å²) in [6, 6.07) is 14.9. The van der Waals surface area contributed by atoms with E-state index in [0.29, 0.717) is 19.0 Å². The summed E-state index contributed by atoms with van der Waals surface area (Å²) >= 11 is 0. The highest BCUT2D eigenvalue weighted by Crippen LogP contribution is 2.25. The molecule has 0 aliphatic heterocycles. The zero-order chi connectivity index (χ0) is 16.5. The van der Waals surface area contributed by atoms with Crippen molar-refractivity contribution < 1.29 is 4.39 Å². The average Bonchev–Trinajstić information content (AvgIpc) is 2.59. The summed E-state index contributed by atoms with van der Waals surface area (Å²) in [6.07, 6.45) is 1.99. The van der Waals surface area contributed by atoms with Crippen LogP contribution in [0, 0.1) is 5.82 Å². The maximum absolute atomic E-state index is 13.1. The van der Waals surface area contributed by atoms with Gasteiger partial charge in [-0.3, -0.25) is 0 Å². The fourth-order valence-corrected chi connectivity index (χ4v) is 2.66. The van der Waals surface area contributed by atoms with Gasteiger partial charge >= 0.3 is 0 Å². The summed E-state index contributed by atoms with van der Waals surface area (Å²) in [7, 11) is 0. The minimum atomic E-state index is -0.215. The maximum atomic E-state index is 13.1. The van der Waals surface area contributed by atoms with E-state index in [4.69, 9.17) is 11.5 Å². The molecule has 0 fully saturated rings. The molecule has 0 aromatic heterocycles. The fourth-order valence-electron chi connectivity index (χ4n) is 2.66. The highest BCUT2D eigenvalue weighted by Gasteiger charge is 2.10. The van der Waals surface area contributed by atoms with E-state index in [9.17, 15) is 4.39 Å². The molecular formula is C19H26FN3. The first-order chi connectivity index (χ1) is 11.2. The molecule has 0 aliphatic rings. The third kappa shape index (κ3) is 5.43. The molecule has 0 heterocycles. The summed E-state index contributed by atoms with van der Waals surface area (Å²) in [6.45, 7) is 3.21. The van der Waals surface area contributed by atoms with Gasteiger partial charge in [-0.2, -0.15) is 0 Å². The Hall–Kier alpha value is -1.75. The second-order valence-electron chi connectivity index (χ2n) is 5.75. The van der Waals surface area contributed by atoms with Crippen molar-refractivity contribution in [1.29, 1.82) is 0 Å². The number of benzene rings is 2. The van der Waals surface area contributed by atoms with Crippen LogP contribution in [0.4, 0.5) is 4.39 Å². The van der Waals surface area contributed by atoms with Crippen LogP contribution in [0.5, 0.6) is 0 Å². The number of hydrogen-bond donors (Lipinski definition) is 3. The Kier molecular flexibility index (Phi) is 7.20. The van der Waals surface area contributed by atoms with Crippen LogP contribution >= 0.6 is 0 Å². The number of rotatable bonds is 9. The number of halogens is 1. The Balaban J connectivity index is 2.03. The highest BCUT2D eigenvalue weighted by molar-refractivity contribution is 5.64. The monoisotopic (exact) mass is 315 g/mol.